The Labute approximate surface area is 208 Å². The minimum atomic E-state index is -3.54. The number of carbonyl (C=O) groups excluding carboxylic acids is 2. The Morgan fingerprint density at radius 3 is 2.75 bits per heavy atom. The number of benzene rings is 1. The van der Waals surface area contributed by atoms with Gasteiger partial charge in [0.2, 0.25) is 5.91 Å². The van der Waals surface area contributed by atoms with Crippen LogP contribution in [0.1, 0.15) is 29.9 Å². The maximum atomic E-state index is 14.7. The number of anilines is 2. The molecule has 1 atom stereocenters. The van der Waals surface area contributed by atoms with Crippen LogP contribution in [0.4, 0.5) is 20.7 Å². The predicted molar refractivity (Wildman–Crippen MR) is 129 cm³/mol. The highest BCUT2D eigenvalue weighted by molar-refractivity contribution is 7.90. The second-order valence-corrected chi connectivity index (χ2v) is 11.1. The fourth-order valence-electron chi connectivity index (χ4n) is 4.50. The molecule has 1 saturated heterocycles. The number of carbonyl (C=O) groups is 2. The highest BCUT2D eigenvalue weighted by Gasteiger charge is 2.29. The van der Waals surface area contributed by atoms with Gasteiger partial charge in [-0.3, -0.25) is 9.69 Å². The first-order chi connectivity index (χ1) is 17.0. The first-order valence-corrected chi connectivity index (χ1v) is 13.5. The number of hydrogen-bond donors (Lipinski definition) is 2. The van der Waals surface area contributed by atoms with Crippen molar-refractivity contribution < 1.29 is 27.1 Å². The standard InChI is InChI=1S/C23H29FN6O5S/c1-14-26-19-7-9-29(13-21(31)30-8-3-4-15(11-30)35-23(25)32)12-17(19)22(27-14)28-20-6-5-16(10-18(20)24)36(2,33)34/h5-6,10,15H,3-4,7-9,11-13H2,1-2H3,(H2,25,32)(H,26,27,28)/t15-/m1/s1. The number of piperidine rings is 1. The van der Waals surface area contributed by atoms with Crippen LogP contribution in [-0.4, -0.2) is 78.7 Å². The van der Waals surface area contributed by atoms with E-state index in [9.17, 15) is 22.4 Å². The number of amides is 2. The Balaban J connectivity index is 1.48. The van der Waals surface area contributed by atoms with E-state index < -0.39 is 27.9 Å². The van der Waals surface area contributed by atoms with Crippen LogP contribution >= 0.6 is 0 Å². The molecule has 11 nitrogen and oxygen atoms in total. The van der Waals surface area contributed by atoms with Gasteiger partial charge in [0.1, 0.15) is 23.6 Å². The van der Waals surface area contributed by atoms with E-state index in [4.69, 9.17) is 10.5 Å². The summed E-state index contributed by atoms with van der Waals surface area (Å²) in [6, 6.07) is 3.66. The van der Waals surface area contributed by atoms with Gasteiger partial charge >= 0.3 is 6.09 Å². The fraction of sp³-hybridized carbons (Fsp3) is 0.478. The molecule has 36 heavy (non-hydrogen) atoms. The van der Waals surface area contributed by atoms with Gasteiger partial charge in [0.25, 0.3) is 0 Å². The lowest BCUT2D eigenvalue weighted by atomic mass is 10.0. The zero-order valence-electron chi connectivity index (χ0n) is 20.2. The van der Waals surface area contributed by atoms with Crippen LogP contribution in [0.2, 0.25) is 0 Å². The van der Waals surface area contributed by atoms with Crippen LogP contribution in [0.3, 0.4) is 0 Å². The Bertz CT molecular complexity index is 1290. The van der Waals surface area contributed by atoms with Gasteiger partial charge in [-0.2, -0.15) is 0 Å². The maximum Gasteiger partial charge on any atom is 0.404 e. The fourth-order valence-corrected chi connectivity index (χ4v) is 5.14. The largest absolute Gasteiger partial charge is 0.445 e. The second-order valence-electron chi connectivity index (χ2n) is 9.09. The SMILES string of the molecule is Cc1nc2c(c(Nc3ccc(S(C)(=O)=O)cc3F)n1)CN(CC(=O)N1CCC[C@@H](OC(N)=O)C1)CC2. The number of primary amides is 1. The summed E-state index contributed by atoms with van der Waals surface area (Å²) >= 11 is 0. The van der Waals surface area contributed by atoms with Gasteiger partial charge in [-0.15, -0.1) is 0 Å². The lowest BCUT2D eigenvalue weighted by molar-refractivity contribution is -0.135. The van der Waals surface area contributed by atoms with E-state index in [0.717, 1.165) is 30.0 Å². The molecule has 3 heterocycles. The van der Waals surface area contributed by atoms with Gasteiger partial charge in [0, 0.05) is 37.9 Å². The van der Waals surface area contributed by atoms with Gasteiger partial charge in [-0.05, 0) is 38.0 Å². The Morgan fingerprint density at radius 1 is 1.28 bits per heavy atom. The highest BCUT2D eigenvalue weighted by atomic mass is 32.2. The van der Waals surface area contributed by atoms with Crippen molar-refractivity contribution in [3.63, 3.8) is 0 Å². The molecule has 2 aliphatic heterocycles. The molecule has 1 aromatic heterocycles. The molecule has 2 aliphatic rings. The van der Waals surface area contributed by atoms with E-state index in [2.05, 4.69) is 15.3 Å². The van der Waals surface area contributed by atoms with Gasteiger partial charge in [0.05, 0.1) is 29.4 Å². The minimum absolute atomic E-state index is 0.0823. The lowest BCUT2D eigenvalue weighted by Crippen LogP contribution is -2.48. The number of halogens is 1. The number of hydrogen-bond acceptors (Lipinski definition) is 9. The van der Waals surface area contributed by atoms with E-state index in [-0.39, 0.29) is 23.0 Å². The molecule has 2 aromatic rings. The first-order valence-electron chi connectivity index (χ1n) is 11.6. The number of aryl methyl sites for hydroxylation is 1. The molecule has 1 fully saturated rings. The first kappa shape index (κ1) is 25.8. The summed E-state index contributed by atoms with van der Waals surface area (Å²) in [6.07, 6.45) is 1.74. The maximum absolute atomic E-state index is 14.7. The van der Waals surface area contributed by atoms with Crippen molar-refractivity contribution in [2.45, 2.75) is 43.7 Å². The Kier molecular flexibility index (Phi) is 7.41. The molecule has 13 heteroatoms. The number of nitrogens with two attached hydrogens (primary N) is 1. The zero-order valence-corrected chi connectivity index (χ0v) is 21.0. The number of fused-ring (bicyclic) bond motifs is 1. The average Bonchev–Trinajstić information content (AvgIpc) is 2.79. The summed E-state index contributed by atoms with van der Waals surface area (Å²) in [5.41, 5.74) is 6.77. The van der Waals surface area contributed by atoms with Crippen molar-refractivity contribution >= 4 is 33.3 Å². The summed E-state index contributed by atoms with van der Waals surface area (Å²) in [5.74, 6) is 0.126. The van der Waals surface area contributed by atoms with Gasteiger partial charge in [0.15, 0.2) is 9.84 Å². The van der Waals surface area contributed by atoms with Gasteiger partial charge in [-0.25, -0.2) is 27.6 Å². The number of rotatable bonds is 6. The molecular formula is C23H29FN6O5S. The number of sulfone groups is 1. The third kappa shape index (κ3) is 6.08. The molecule has 194 valence electrons. The Hall–Kier alpha value is -3.32. The van der Waals surface area contributed by atoms with Gasteiger partial charge < -0.3 is 20.7 Å². The molecule has 0 spiro atoms. The number of nitrogens with zero attached hydrogens (tertiary/aromatic N) is 4. The van der Waals surface area contributed by atoms with E-state index >= 15 is 0 Å². The minimum Gasteiger partial charge on any atom is -0.445 e. The number of ether oxygens (including phenoxy) is 1. The van der Waals surface area contributed by atoms with Crippen LogP contribution in [0, 0.1) is 12.7 Å². The smallest absolute Gasteiger partial charge is 0.404 e. The number of likely N-dealkylation sites (tertiary alicyclic amines) is 1. The lowest BCUT2D eigenvalue weighted by Gasteiger charge is -2.35. The monoisotopic (exact) mass is 520 g/mol. The number of nitrogens with one attached hydrogen (secondary N) is 1. The summed E-state index contributed by atoms with van der Waals surface area (Å²) in [5, 5.41) is 2.98. The topological polar surface area (TPSA) is 148 Å². The van der Waals surface area contributed by atoms with Crippen LogP contribution in [0.5, 0.6) is 0 Å². The molecule has 0 unspecified atom stereocenters. The molecule has 0 bridgehead atoms. The third-order valence-corrected chi connectivity index (χ3v) is 7.36. The molecule has 4 rings (SSSR count). The van der Waals surface area contributed by atoms with Crippen molar-refractivity contribution in [3.8, 4) is 0 Å². The molecule has 1 aromatic carbocycles. The van der Waals surface area contributed by atoms with Crippen molar-refractivity contribution in [2.75, 3.05) is 37.8 Å². The van der Waals surface area contributed by atoms with Crippen molar-refractivity contribution in [1.29, 1.82) is 0 Å². The zero-order chi connectivity index (χ0) is 26.0. The van der Waals surface area contributed by atoms with Crippen molar-refractivity contribution in [2.24, 2.45) is 5.73 Å². The average molecular weight is 521 g/mol. The molecular weight excluding hydrogens is 491 g/mol. The third-order valence-electron chi connectivity index (χ3n) is 6.25. The van der Waals surface area contributed by atoms with Crippen LogP contribution in [0.15, 0.2) is 23.1 Å². The van der Waals surface area contributed by atoms with E-state index in [0.29, 0.717) is 50.7 Å². The summed E-state index contributed by atoms with van der Waals surface area (Å²) in [7, 11) is -3.54. The van der Waals surface area contributed by atoms with Crippen molar-refractivity contribution in [1.82, 2.24) is 19.8 Å². The predicted octanol–water partition coefficient (Wildman–Crippen LogP) is 1.52. The Morgan fingerprint density at radius 2 is 2.06 bits per heavy atom. The summed E-state index contributed by atoms with van der Waals surface area (Å²) in [6.45, 7) is 3.78. The second kappa shape index (κ2) is 10.3. The van der Waals surface area contributed by atoms with Crippen molar-refractivity contribution in [3.05, 3.63) is 41.1 Å². The quantitative estimate of drug-likeness (QED) is 0.578. The highest BCUT2D eigenvalue weighted by Crippen LogP contribution is 2.29. The summed E-state index contributed by atoms with van der Waals surface area (Å²) in [4.78, 5) is 36.5. The molecule has 3 N–H and O–H groups in total. The molecule has 0 radical (unpaired) electrons. The van der Waals surface area contributed by atoms with Crippen LogP contribution in [0.25, 0.3) is 0 Å². The molecule has 0 saturated carbocycles. The van der Waals surface area contributed by atoms with Crippen LogP contribution in [-0.2, 0) is 32.3 Å². The molecule has 2 amide bonds. The normalized spacial score (nSPS) is 18.4. The van der Waals surface area contributed by atoms with Crippen LogP contribution < -0.4 is 11.1 Å². The van der Waals surface area contributed by atoms with Gasteiger partial charge in [-0.1, -0.05) is 0 Å². The van der Waals surface area contributed by atoms with E-state index in [1.54, 1.807) is 11.8 Å². The summed E-state index contributed by atoms with van der Waals surface area (Å²) < 4.78 is 43.2. The van der Waals surface area contributed by atoms with E-state index in [1.807, 2.05) is 4.90 Å². The number of aromatic nitrogens is 2. The molecule has 0 aliphatic carbocycles. The van der Waals surface area contributed by atoms with E-state index in [1.165, 1.54) is 12.1 Å².